The van der Waals surface area contributed by atoms with Gasteiger partial charge in [-0.2, -0.15) is 0 Å². The van der Waals surface area contributed by atoms with Gasteiger partial charge in [-0.05, 0) is 44.9 Å². The molecule has 0 unspecified atom stereocenters. The smallest absolute Gasteiger partial charge is 0.271 e. The highest BCUT2D eigenvalue weighted by molar-refractivity contribution is 5.97. The highest BCUT2D eigenvalue weighted by Crippen LogP contribution is 2.20. The lowest BCUT2D eigenvalue weighted by molar-refractivity contribution is -0.122. The zero-order chi connectivity index (χ0) is 20.5. The zero-order valence-electron chi connectivity index (χ0n) is 16.7. The molecule has 0 atom stereocenters. The van der Waals surface area contributed by atoms with Crippen LogP contribution in [0.5, 0.6) is 0 Å². The second-order valence-corrected chi connectivity index (χ2v) is 6.75. The number of benzene rings is 1. The fraction of sp³-hybridized carbons (Fsp3) is 0.381. The van der Waals surface area contributed by atoms with Crippen molar-refractivity contribution >= 4 is 17.7 Å². The topological polar surface area (TPSA) is 92.2 Å². The first-order valence-corrected chi connectivity index (χ1v) is 9.48. The highest BCUT2D eigenvalue weighted by atomic mass is 16.2. The predicted octanol–water partition coefficient (Wildman–Crippen LogP) is 2.55. The maximum atomic E-state index is 12.5. The van der Waals surface area contributed by atoms with E-state index in [-0.39, 0.29) is 17.7 Å². The van der Waals surface area contributed by atoms with Crippen LogP contribution in [0.4, 0.5) is 0 Å². The lowest BCUT2D eigenvalue weighted by Crippen LogP contribution is -2.41. The van der Waals surface area contributed by atoms with Crippen LogP contribution in [0.1, 0.15) is 54.4 Å². The molecule has 0 saturated heterocycles. The molecule has 0 aliphatic rings. The van der Waals surface area contributed by atoms with Crippen molar-refractivity contribution in [2.24, 2.45) is 0 Å². The van der Waals surface area contributed by atoms with Gasteiger partial charge in [0.05, 0.1) is 5.56 Å². The minimum Gasteiger partial charge on any atom is -0.356 e. The van der Waals surface area contributed by atoms with Gasteiger partial charge in [-0.25, -0.2) is 0 Å². The van der Waals surface area contributed by atoms with E-state index in [1.807, 2.05) is 54.8 Å². The molecule has 0 aliphatic heterocycles. The Balaban J connectivity index is 1.82. The molecule has 28 heavy (non-hydrogen) atoms. The van der Waals surface area contributed by atoms with Crippen LogP contribution in [0.3, 0.4) is 0 Å². The molecule has 2 aromatic rings. The van der Waals surface area contributed by atoms with E-state index in [0.29, 0.717) is 24.9 Å². The Morgan fingerprint density at radius 2 is 1.68 bits per heavy atom. The Labute approximate surface area is 165 Å². The van der Waals surface area contributed by atoms with Gasteiger partial charge in [-0.3, -0.25) is 25.2 Å². The average Bonchev–Trinajstić information content (AvgIpc) is 2.97. The van der Waals surface area contributed by atoms with Crippen LogP contribution in [0.2, 0.25) is 0 Å². The van der Waals surface area contributed by atoms with Crippen LogP contribution in [-0.2, 0) is 9.59 Å². The normalized spacial score (nSPS) is 10.4. The van der Waals surface area contributed by atoms with Crippen LogP contribution in [0, 0.1) is 13.8 Å². The van der Waals surface area contributed by atoms with E-state index in [0.717, 1.165) is 29.9 Å². The van der Waals surface area contributed by atoms with Gasteiger partial charge in [0.15, 0.2) is 0 Å². The Morgan fingerprint density at radius 3 is 2.36 bits per heavy atom. The van der Waals surface area contributed by atoms with Crippen LogP contribution in [0.25, 0.3) is 5.69 Å². The molecule has 1 aromatic heterocycles. The maximum Gasteiger partial charge on any atom is 0.271 e. The van der Waals surface area contributed by atoms with Crippen LogP contribution < -0.4 is 16.2 Å². The number of nitrogens with zero attached hydrogens (tertiary/aromatic N) is 1. The molecule has 1 heterocycles. The largest absolute Gasteiger partial charge is 0.356 e. The average molecular weight is 384 g/mol. The molecule has 0 saturated carbocycles. The van der Waals surface area contributed by atoms with Crippen molar-refractivity contribution in [3.05, 3.63) is 53.3 Å². The molecule has 7 nitrogen and oxygen atoms in total. The summed E-state index contributed by atoms with van der Waals surface area (Å²) in [6.45, 7) is 5.92. The molecule has 2 rings (SSSR count). The molecule has 0 bridgehead atoms. The molecule has 7 heteroatoms. The number of hydrazine groups is 1. The minimum absolute atomic E-state index is 0.0490. The van der Waals surface area contributed by atoms with E-state index in [1.54, 1.807) is 0 Å². The first-order chi connectivity index (χ1) is 13.4. The number of aryl methyl sites for hydroxylation is 1. The maximum absolute atomic E-state index is 12.5. The number of aromatic nitrogens is 1. The van der Waals surface area contributed by atoms with Crippen molar-refractivity contribution in [3.8, 4) is 5.69 Å². The third-order valence-electron chi connectivity index (χ3n) is 4.46. The van der Waals surface area contributed by atoms with E-state index < -0.39 is 0 Å². The van der Waals surface area contributed by atoms with Gasteiger partial charge >= 0.3 is 0 Å². The molecular formula is C21H28N4O3. The van der Waals surface area contributed by atoms with E-state index >= 15 is 0 Å². The van der Waals surface area contributed by atoms with Crippen LogP contribution >= 0.6 is 0 Å². The Bertz CT molecular complexity index is 828. The summed E-state index contributed by atoms with van der Waals surface area (Å²) in [6, 6.07) is 11.6. The molecule has 0 spiro atoms. The number of carbonyl (C=O) groups is 3. The zero-order valence-corrected chi connectivity index (χ0v) is 16.7. The molecule has 0 radical (unpaired) electrons. The third-order valence-corrected chi connectivity index (χ3v) is 4.46. The summed E-state index contributed by atoms with van der Waals surface area (Å²) in [5.41, 5.74) is 8.23. The fourth-order valence-corrected chi connectivity index (χ4v) is 3.08. The van der Waals surface area contributed by atoms with Gasteiger partial charge < -0.3 is 9.88 Å². The summed E-state index contributed by atoms with van der Waals surface area (Å²) in [4.78, 5) is 35.1. The number of unbranched alkanes of at least 4 members (excludes halogenated alkanes) is 2. The van der Waals surface area contributed by atoms with Crippen molar-refractivity contribution in [2.45, 2.75) is 46.5 Å². The summed E-state index contributed by atoms with van der Waals surface area (Å²) in [5, 5.41) is 2.72. The number of para-hydroxylation sites is 1. The Morgan fingerprint density at radius 1 is 0.964 bits per heavy atom. The molecule has 0 fully saturated rings. The van der Waals surface area contributed by atoms with Gasteiger partial charge in [-0.1, -0.05) is 24.6 Å². The first-order valence-electron chi connectivity index (χ1n) is 9.48. The molecule has 1 aromatic carbocycles. The van der Waals surface area contributed by atoms with Gasteiger partial charge in [0, 0.05) is 37.0 Å². The summed E-state index contributed by atoms with van der Waals surface area (Å²) in [6.07, 6.45) is 2.68. The number of amides is 3. The monoisotopic (exact) mass is 384 g/mol. The van der Waals surface area contributed by atoms with Crippen molar-refractivity contribution in [1.82, 2.24) is 20.7 Å². The number of nitrogens with one attached hydrogen (secondary N) is 3. The van der Waals surface area contributed by atoms with E-state index in [1.165, 1.54) is 6.92 Å². The quantitative estimate of drug-likeness (QED) is 0.482. The van der Waals surface area contributed by atoms with Gasteiger partial charge in [0.25, 0.3) is 5.91 Å². The summed E-state index contributed by atoms with van der Waals surface area (Å²) < 4.78 is 2.01. The van der Waals surface area contributed by atoms with Crippen molar-refractivity contribution in [2.75, 3.05) is 6.54 Å². The number of hydrogen-bond acceptors (Lipinski definition) is 3. The first kappa shape index (κ1) is 21.2. The van der Waals surface area contributed by atoms with Crippen molar-refractivity contribution < 1.29 is 14.4 Å². The molecular weight excluding hydrogens is 356 g/mol. The predicted molar refractivity (Wildman–Crippen MR) is 108 cm³/mol. The Hall–Kier alpha value is -3.09. The van der Waals surface area contributed by atoms with E-state index in [9.17, 15) is 14.4 Å². The van der Waals surface area contributed by atoms with Gasteiger partial charge in [0.1, 0.15) is 0 Å². The lowest BCUT2D eigenvalue weighted by atomic mass is 10.2. The van der Waals surface area contributed by atoms with Crippen LogP contribution in [0.15, 0.2) is 36.4 Å². The van der Waals surface area contributed by atoms with Crippen molar-refractivity contribution in [1.29, 1.82) is 0 Å². The highest BCUT2D eigenvalue weighted by Gasteiger charge is 2.17. The molecule has 3 amide bonds. The summed E-state index contributed by atoms with van der Waals surface area (Å²) >= 11 is 0. The van der Waals surface area contributed by atoms with Crippen LogP contribution in [-0.4, -0.2) is 28.8 Å². The SMILES string of the molecule is CC(=O)NCCCCCC(=O)NNC(=O)c1cc(C)n(-c2ccccc2)c1C. The molecule has 150 valence electrons. The minimum atomic E-state index is -0.339. The van der Waals surface area contributed by atoms with Gasteiger partial charge in [-0.15, -0.1) is 0 Å². The lowest BCUT2D eigenvalue weighted by Gasteiger charge is -2.10. The number of rotatable bonds is 8. The van der Waals surface area contributed by atoms with E-state index in [2.05, 4.69) is 16.2 Å². The fourth-order valence-electron chi connectivity index (χ4n) is 3.08. The van der Waals surface area contributed by atoms with Crippen molar-refractivity contribution in [3.63, 3.8) is 0 Å². The number of hydrogen-bond donors (Lipinski definition) is 3. The second kappa shape index (κ2) is 10.3. The Kier molecular flexibility index (Phi) is 7.80. The standard InChI is InChI=1S/C21H28N4O3/c1-15-14-19(16(2)25(15)18-10-6-4-7-11-18)21(28)24-23-20(27)12-8-5-9-13-22-17(3)26/h4,6-7,10-11,14H,5,8-9,12-13H2,1-3H3,(H,22,26)(H,23,27)(H,24,28). The third kappa shape index (κ3) is 5.97. The molecule has 0 aliphatic carbocycles. The number of carbonyl (C=O) groups excluding carboxylic acids is 3. The molecule has 3 N–H and O–H groups in total. The van der Waals surface area contributed by atoms with Gasteiger partial charge in [0.2, 0.25) is 11.8 Å². The second-order valence-electron chi connectivity index (χ2n) is 6.75. The summed E-state index contributed by atoms with van der Waals surface area (Å²) in [5.74, 6) is -0.619. The summed E-state index contributed by atoms with van der Waals surface area (Å²) in [7, 11) is 0. The van der Waals surface area contributed by atoms with E-state index in [4.69, 9.17) is 0 Å².